The molecule has 1 saturated heterocycles. The van der Waals surface area contributed by atoms with Crippen LogP contribution in [0, 0.1) is 0 Å². The third kappa shape index (κ3) is 0.981. The van der Waals surface area contributed by atoms with Crippen LogP contribution in [0.15, 0.2) is 0 Å². The van der Waals surface area contributed by atoms with Gasteiger partial charge in [0.25, 0.3) is 0 Å². The van der Waals surface area contributed by atoms with Crippen LogP contribution in [-0.2, 0) is 5.68 Å². The highest BCUT2D eigenvalue weighted by molar-refractivity contribution is 6.72. The summed E-state index contributed by atoms with van der Waals surface area (Å²) in [4.78, 5) is 0. The van der Waals surface area contributed by atoms with Gasteiger partial charge in [0.05, 0.1) is 0 Å². The van der Waals surface area contributed by atoms with E-state index < -0.39 is 29.6 Å². The first-order valence-electron chi connectivity index (χ1n) is 2.10. The van der Waals surface area contributed by atoms with Crippen molar-refractivity contribution in [3.8, 4) is 0 Å². The van der Waals surface area contributed by atoms with E-state index in [9.17, 15) is 0 Å². The van der Waals surface area contributed by atoms with Gasteiger partial charge in [-0.25, -0.2) is 0 Å². The average Bonchev–Trinajstić information content (AvgIpc) is 1.33. The zero-order chi connectivity index (χ0) is 4.57. The summed E-state index contributed by atoms with van der Waals surface area (Å²) >= 11 is -1.93. The zero-order valence-electron chi connectivity index (χ0n) is 3.97. The molecule has 0 amide bonds. The Hall–Kier alpha value is 0.985. The van der Waals surface area contributed by atoms with Crippen LogP contribution in [0.5, 0.6) is 0 Å². The second kappa shape index (κ2) is 1.84. The van der Waals surface area contributed by atoms with Gasteiger partial charge in [-0.3, -0.25) is 0 Å². The summed E-state index contributed by atoms with van der Waals surface area (Å²) in [7, 11) is 0. The maximum Gasteiger partial charge on any atom is 0.612 e. The molecule has 0 unspecified atom stereocenters. The van der Waals surface area contributed by atoms with Gasteiger partial charge in [-0.1, -0.05) is 11.6 Å². The molecule has 0 spiro atoms. The molecular weight excluding hydrogens is 110 g/mol. The van der Waals surface area contributed by atoms with Crippen LogP contribution in [0.3, 0.4) is 0 Å². The lowest BCUT2D eigenvalue weighted by Gasteiger charge is -2.25. The number of hydrogen-bond donors (Lipinski definition) is 0. The van der Waals surface area contributed by atoms with Crippen molar-refractivity contribution in [1.82, 2.24) is 0 Å². The first-order valence-corrected chi connectivity index (χ1v) is 6.29. The minimum atomic E-state index is -0.965. The van der Waals surface area contributed by atoms with Crippen molar-refractivity contribution >= 4 is 29.6 Å². The number of rotatable bonds is 0. The van der Waals surface area contributed by atoms with Crippen LogP contribution in [-0.4, -0.2) is 29.6 Å². The summed E-state index contributed by atoms with van der Waals surface area (Å²) in [5.41, 5.74) is 0. The molecule has 0 aromatic rings. The molecule has 1 fully saturated rings. The first-order chi connectivity index (χ1) is 2.79. The molecule has 1 aliphatic rings. The lowest BCUT2D eigenvalue weighted by atomic mass is 11.9. The molecule has 0 aromatic heterocycles. The fourth-order valence-electron chi connectivity index (χ4n) is 0.550. The van der Waals surface area contributed by atoms with Gasteiger partial charge in [-0.2, -0.15) is 0 Å². The summed E-state index contributed by atoms with van der Waals surface area (Å²) < 4.78 is 10.4. The summed E-state index contributed by atoms with van der Waals surface area (Å²) in [5.74, 6) is 4.10. The molecule has 0 aliphatic carbocycles. The highest BCUT2D eigenvalue weighted by Crippen LogP contribution is 2.05. The van der Waals surface area contributed by atoms with Crippen molar-refractivity contribution in [3.05, 3.63) is 0 Å². The van der Waals surface area contributed by atoms with Crippen molar-refractivity contribution in [1.29, 1.82) is 0 Å². The monoisotopic (exact) mass is 116 g/mol. The van der Waals surface area contributed by atoms with E-state index in [0.29, 0.717) is 0 Å². The first kappa shape index (κ1) is 5.13. The second-order valence-electron chi connectivity index (χ2n) is 1.41. The lowest BCUT2D eigenvalue weighted by Crippen LogP contribution is -2.44. The molecular formula is C2H6Al2O2. The predicted molar refractivity (Wildman–Crippen MR) is 25.4 cm³/mol. The number of hydrogen-bond acceptors (Lipinski definition) is 2. The Bertz CT molecular complexity index is 45.5. The van der Waals surface area contributed by atoms with Gasteiger partial charge in [0, 0.05) is 0 Å². The summed E-state index contributed by atoms with van der Waals surface area (Å²) in [6.07, 6.45) is 0. The minimum Gasteiger partial charge on any atom is -0.594 e. The van der Waals surface area contributed by atoms with Crippen LogP contribution >= 0.6 is 0 Å². The predicted octanol–water partition coefficient (Wildman–Crippen LogP) is 0.269. The molecule has 1 heterocycles. The lowest BCUT2D eigenvalue weighted by molar-refractivity contribution is 0.294. The summed E-state index contributed by atoms with van der Waals surface area (Å²) in [5, 5.41) is 0. The Kier molecular flexibility index (Phi) is 1.57. The van der Waals surface area contributed by atoms with Gasteiger partial charge in [0.1, 0.15) is 0 Å². The van der Waals surface area contributed by atoms with Crippen molar-refractivity contribution < 1.29 is 5.68 Å². The van der Waals surface area contributed by atoms with Crippen LogP contribution in [0.1, 0.15) is 0 Å². The van der Waals surface area contributed by atoms with E-state index in [1.807, 2.05) is 11.6 Å². The molecule has 4 heteroatoms. The van der Waals surface area contributed by atoms with Crippen molar-refractivity contribution in [3.63, 3.8) is 0 Å². The molecule has 1 rings (SSSR count). The largest absolute Gasteiger partial charge is 0.612 e. The SMILES string of the molecule is [CH3][Al]1[O][Al]([CH3])[O]1. The van der Waals surface area contributed by atoms with Crippen LogP contribution in [0.4, 0.5) is 0 Å². The second-order valence-corrected chi connectivity index (χ2v) is 5.86. The van der Waals surface area contributed by atoms with E-state index in [0.717, 1.165) is 0 Å². The smallest absolute Gasteiger partial charge is 0.594 e. The van der Waals surface area contributed by atoms with E-state index in [1.54, 1.807) is 0 Å². The molecule has 0 bridgehead atoms. The van der Waals surface area contributed by atoms with Crippen molar-refractivity contribution in [2.45, 2.75) is 11.6 Å². The van der Waals surface area contributed by atoms with Gasteiger partial charge in [0.2, 0.25) is 0 Å². The van der Waals surface area contributed by atoms with E-state index in [4.69, 9.17) is 5.68 Å². The Labute approximate surface area is 47.2 Å². The summed E-state index contributed by atoms with van der Waals surface area (Å²) in [6, 6.07) is 0. The molecule has 6 heavy (non-hydrogen) atoms. The van der Waals surface area contributed by atoms with Crippen molar-refractivity contribution in [2.75, 3.05) is 0 Å². The van der Waals surface area contributed by atoms with Gasteiger partial charge in [0.15, 0.2) is 0 Å². The Morgan fingerprint density at radius 3 is 1.33 bits per heavy atom. The minimum absolute atomic E-state index is 0.965. The normalized spacial score (nSPS) is 21.0. The van der Waals surface area contributed by atoms with Crippen LogP contribution < -0.4 is 0 Å². The highest BCUT2D eigenvalue weighted by Gasteiger charge is 2.37. The van der Waals surface area contributed by atoms with E-state index in [2.05, 4.69) is 0 Å². The Morgan fingerprint density at radius 1 is 1.00 bits per heavy atom. The van der Waals surface area contributed by atoms with Crippen LogP contribution in [0.2, 0.25) is 11.6 Å². The van der Waals surface area contributed by atoms with Gasteiger partial charge in [-0.15, -0.1) is 0 Å². The molecule has 0 atom stereocenters. The van der Waals surface area contributed by atoms with Crippen molar-refractivity contribution in [2.24, 2.45) is 0 Å². The summed E-state index contributed by atoms with van der Waals surface area (Å²) in [6.45, 7) is 0. The van der Waals surface area contributed by atoms with Gasteiger partial charge >= 0.3 is 29.6 Å². The maximum atomic E-state index is 5.19. The zero-order valence-corrected chi connectivity index (χ0v) is 6.28. The maximum absolute atomic E-state index is 5.19. The standard InChI is InChI=1S/2CH3.2Al.2O/h2*1H3;;;;. The topological polar surface area (TPSA) is 18.5 Å². The highest BCUT2D eigenvalue weighted by atomic mass is 27.4. The fourth-order valence-corrected chi connectivity index (χ4v) is 4.95. The Morgan fingerprint density at radius 2 is 1.33 bits per heavy atom. The van der Waals surface area contributed by atoms with Crippen LogP contribution in [0.25, 0.3) is 0 Å². The Balaban J connectivity index is 2.11. The average molecular weight is 116 g/mol. The molecule has 0 saturated carbocycles. The quantitative estimate of drug-likeness (QED) is 0.423. The van der Waals surface area contributed by atoms with E-state index in [1.165, 1.54) is 0 Å². The molecule has 0 radical (unpaired) electrons. The van der Waals surface area contributed by atoms with Gasteiger partial charge < -0.3 is 5.68 Å². The van der Waals surface area contributed by atoms with E-state index in [-0.39, 0.29) is 0 Å². The fraction of sp³-hybridized carbons (Fsp3) is 1.00. The third-order valence-corrected chi connectivity index (χ3v) is 6.90. The molecule has 0 aromatic carbocycles. The molecule has 0 N–H and O–H groups in total. The molecule has 32 valence electrons. The molecule has 2 nitrogen and oxygen atoms in total. The van der Waals surface area contributed by atoms with E-state index >= 15 is 0 Å². The third-order valence-electron chi connectivity index (χ3n) is 0.767. The van der Waals surface area contributed by atoms with Gasteiger partial charge in [-0.05, 0) is 0 Å². The molecule has 1 aliphatic heterocycles.